The summed E-state index contributed by atoms with van der Waals surface area (Å²) in [6.07, 6.45) is 0. The highest BCUT2D eigenvalue weighted by molar-refractivity contribution is 6.29. The summed E-state index contributed by atoms with van der Waals surface area (Å²) in [4.78, 5) is 22.3. The molecular weight excluding hydrogens is 336 g/mol. The summed E-state index contributed by atoms with van der Waals surface area (Å²) in [6.45, 7) is 16.7. The number of nitriles is 2. The average molecular weight is 366 g/mol. The molecule has 0 aliphatic rings. The monoisotopic (exact) mass is 366 g/mol. The zero-order chi connectivity index (χ0) is 21.4. The van der Waals surface area contributed by atoms with Gasteiger partial charge in [0.15, 0.2) is 11.1 Å². The van der Waals surface area contributed by atoms with Crippen LogP contribution in [-0.2, 0) is 19.1 Å². The minimum Gasteiger partial charge on any atom is -0.452 e. The molecule has 8 heteroatoms. The smallest absolute Gasteiger partial charge is 0.418 e. The van der Waals surface area contributed by atoms with Crippen LogP contribution in [0.3, 0.4) is 0 Å². The Bertz CT molecular complexity index is 555. The van der Waals surface area contributed by atoms with E-state index in [1.54, 1.807) is 69.2 Å². The first-order chi connectivity index (χ1) is 11.3. The van der Waals surface area contributed by atoms with E-state index in [1.165, 1.54) is 0 Å². The topological polar surface area (TPSA) is 125 Å². The lowest BCUT2D eigenvalue weighted by Gasteiger charge is -2.22. The van der Waals surface area contributed by atoms with Gasteiger partial charge in [0.2, 0.25) is 0 Å². The summed E-state index contributed by atoms with van der Waals surface area (Å²) in [5, 5.41) is 24.7. The predicted molar refractivity (Wildman–Crippen MR) is 95.9 cm³/mol. The molecule has 0 saturated heterocycles. The normalized spacial score (nSPS) is 12.3. The molecule has 0 radical (unpaired) electrons. The fourth-order valence-corrected chi connectivity index (χ4v) is 0.934. The quantitative estimate of drug-likeness (QED) is 0.416. The van der Waals surface area contributed by atoms with Gasteiger partial charge in [0, 0.05) is 0 Å². The van der Waals surface area contributed by atoms with Crippen molar-refractivity contribution in [3.8, 4) is 12.1 Å². The highest BCUT2D eigenvalue weighted by atomic mass is 16.6. The number of esters is 2. The lowest BCUT2D eigenvalue weighted by molar-refractivity contribution is -0.180. The largest absolute Gasteiger partial charge is 0.452 e. The van der Waals surface area contributed by atoms with Gasteiger partial charge in [-0.25, -0.2) is 9.59 Å². The molecule has 26 heavy (non-hydrogen) atoms. The number of carbonyl (C=O) groups excluding carboxylic acids is 2. The summed E-state index contributed by atoms with van der Waals surface area (Å²) >= 11 is 0. The number of carbonyl (C=O) groups is 2. The van der Waals surface area contributed by atoms with Gasteiger partial charge >= 0.3 is 11.9 Å². The third-order valence-corrected chi connectivity index (χ3v) is 2.06. The van der Waals surface area contributed by atoms with E-state index in [4.69, 9.17) is 20.0 Å². The third kappa shape index (κ3) is 15.1. The molecule has 0 fully saturated rings. The first kappa shape index (κ1) is 25.8. The van der Waals surface area contributed by atoms with Gasteiger partial charge in [0.05, 0.1) is 12.1 Å². The molecule has 0 heterocycles. The zero-order valence-corrected chi connectivity index (χ0v) is 17.4. The van der Waals surface area contributed by atoms with Gasteiger partial charge < -0.3 is 9.47 Å². The third-order valence-electron chi connectivity index (χ3n) is 2.06. The van der Waals surface area contributed by atoms with E-state index in [-0.39, 0.29) is 0 Å². The molecule has 0 unspecified atom stereocenters. The van der Waals surface area contributed by atoms with Gasteiger partial charge in [-0.1, -0.05) is 0 Å². The van der Waals surface area contributed by atoms with E-state index in [0.717, 1.165) is 0 Å². The minimum atomic E-state index is -0.951. The molecule has 0 aliphatic heterocycles. The Balaban J connectivity index is 0. The highest BCUT2D eigenvalue weighted by Gasteiger charge is 2.27. The number of hydrogen-bond acceptors (Lipinski definition) is 8. The zero-order valence-electron chi connectivity index (χ0n) is 17.4. The maximum absolute atomic E-state index is 11.1. The number of hydrogen-bond donors (Lipinski definition) is 0. The molecule has 8 nitrogen and oxygen atoms in total. The van der Waals surface area contributed by atoms with Crippen molar-refractivity contribution in [3.05, 3.63) is 0 Å². The van der Waals surface area contributed by atoms with E-state index in [2.05, 4.69) is 10.2 Å². The molecule has 0 saturated carbocycles. The summed E-state index contributed by atoms with van der Waals surface area (Å²) in [5.41, 5.74) is -3.02. The first-order valence-electron chi connectivity index (χ1n) is 8.07. The second-order valence-corrected chi connectivity index (χ2v) is 8.55. The van der Waals surface area contributed by atoms with Crippen molar-refractivity contribution in [2.75, 3.05) is 0 Å². The molecule has 146 valence electrons. The van der Waals surface area contributed by atoms with Crippen molar-refractivity contribution in [1.82, 2.24) is 0 Å². The van der Waals surface area contributed by atoms with E-state index in [1.807, 2.05) is 12.1 Å². The van der Waals surface area contributed by atoms with Crippen molar-refractivity contribution in [2.45, 2.75) is 91.5 Å². The van der Waals surface area contributed by atoms with Gasteiger partial charge in [0.25, 0.3) is 0 Å². The Hall–Kier alpha value is -2.48. The highest BCUT2D eigenvalue weighted by Crippen LogP contribution is 2.14. The predicted octanol–water partition coefficient (Wildman–Crippen LogP) is 3.71. The number of nitrogens with zero attached hydrogens (tertiary/aromatic N) is 4. The standard InChI is InChI=1S/C10H18O4.C8H12N4/c1-9(2,3)13-7(11)8(12)14-10(4,5)6;1-7(2,5-9)11-12-8(3,4)6-10/h1-6H3;1-4H3. The van der Waals surface area contributed by atoms with Crippen molar-refractivity contribution in [3.63, 3.8) is 0 Å². The fourth-order valence-electron chi connectivity index (χ4n) is 0.934. The van der Waals surface area contributed by atoms with Crippen molar-refractivity contribution >= 4 is 11.9 Å². The number of azo groups is 1. The number of rotatable bonds is 2. The maximum Gasteiger partial charge on any atom is 0.418 e. The molecule has 0 N–H and O–H groups in total. The van der Waals surface area contributed by atoms with E-state index in [9.17, 15) is 9.59 Å². The van der Waals surface area contributed by atoms with Gasteiger partial charge in [-0.05, 0) is 69.2 Å². The van der Waals surface area contributed by atoms with Gasteiger partial charge in [-0.3, -0.25) is 0 Å². The second-order valence-electron chi connectivity index (χ2n) is 8.55. The average Bonchev–Trinajstić information content (AvgIpc) is 2.43. The van der Waals surface area contributed by atoms with Crippen LogP contribution in [0.2, 0.25) is 0 Å². The Morgan fingerprint density at radius 2 is 0.885 bits per heavy atom. The van der Waals surface area contributed by atoms with Gasteiger partial charge in [-0.2, -0.15) is 20.8 Å². The second kappa shape index (κ2) is 9.28. The molecule has 0 spiro atoms. The molecule has 0 rings (SSSR count). The summed E-state index contributed by atoms with van der Waals surface area (Å²) in [6, 6.07) is 3.94. The Morgan fingerprint density at radius 3 is 1.04 bits per heavy atom. The Labute approximate surface area is 156 Å². The van der Waals surface area contributed by atoms with Crippen LogP contribution >= 0.6 is 0 Å². The van der Waals surface area contributed by atoms with Crippen molar-refractivity contribution in [1.29, 1.82) is 10.5 Å². The molecule has 0 aliphatic carbocycles. The van der Waals surface area contributed by atoms with Crippen LogP contribution in [0, 0.1) is 22.7 Å². The van der Waals surface area contributed by atoms with Crippen LogP contribution in [0.15, 0.2) is 10.2 Å². The van der Waals surface area contributed by atoms with E-state index >= 15 is 0 Å². The lowest BCUT2D eigenvalue weighted by Crippen LogP contribution is -2.34. The lowest BCUT2D eigenvalue weighted by atomic mass is 10.1. The minimum absolute atomic E-state index is 0.673. The fraction of sp³-hybridized carbons (Fsp3) is 0.778. The van der Waals surface area contributed by atoms with Crippen LogP contribution in [0.4, 0.5) is 0 Å². The molecule has 0 aromatic heterocycles. The van der Waals surface area contributed by atoms with Crippen LogP contribution in [0.5, 0.6) is 0 Å². The van der Waals surface area contributed by atoms with Crippen LogP contribution in [0.1, 0.15) is 69.2 Å². The summed E-state index contributed by atoms with van der Waals surface area (Å²) < 4.78 is 9.66. The first-order valence-corrected chi connectivity index (χ1v) is 8.07. The SMILES string of the molecule is CC(C)(C#N)N=NC(C)(C)C#N.CC(C)(C)OC(=O)C(=O)OC(C)(C)C. The van der Waals surface area contributed by atoms with Crippen LogP contribution in [0.25, 0.3) is 0 Å². The van der Waals surface area contributed by atoms with Gasteiger partial charge in [0.1, 0.15) is 11.2 Å². The van der Waals surface area contributed by atoms with Crippen LogP contribution < -0.4 is 0 Å². The Morgan fingerprint density at radius 1 is 0.654 bits per heavy atom. The molecule has 0 atom stereocenters. The molecule has 0 aromatic rings. The molecule has 0 amide bonds. The van der Waals surface area contributed by atoms with Gasteiger partial charge in [-0.15, -0.1) is 0 Å². The molecular formula is C18H30N4O4. The van der Waals surface area contributed by atoms with Crippen molar-refractivity contribution in [2.24, 2.45) is 10.2 Å². The van der Waals surface area contributed by atoms with E-state index in [0.29, 0.717) is 0 Å². The Kier molecular flexibility index (Phi) is 9.20. The summed E-state index contributed by atoms with van der Waals surface area (Å²) in [7, 11) is 0. The number of ether oxygens (including phenoxy) is 2. The van der Waals surface area contributed by atoms with Crippen LogP contribution in [-0.4, -0.2) is 34.2 Å². The molecule has 0 aromatic carbocycles. The molecule has 0 bridgehead atoms. The maximum atomic E-state index is 11.1. The van der Waals surface area contributed by atoms with Crippen molar-refractivity contribution < 1.29 is 19.1 Å². The summed E-state index contributed by atoms with van der Waals surface area (Å²) in [5.74, 6) is -1.90. The van der Waals surface area contributed by atoms with E-state index < -0.39 is 34.2 Å².